The van der Waals surface area contributed by atoms with Crippen LogP contribution in [0, 0.1) is 0 Å². The third-order valence-corrected chi connectivity index (χ3v) is 2.78. The van der Waals surface area contributed by atoms with Crippen molar-refractivity contribution >= 4 is 11.6 Å². The summed E-state index contributed by atoms with van der Waals surface area (Å²) < 4.78 is 45.4. The van der Waals surface area contributed by atoms with Gasteiger partial charge in [0, 0.05) is 5.69 Å². The highest BCUT2D eigenvalue weighted by Gasteiger charge is 2.31. The molecule has 2 rings (SSSR count). The minimum atomic E-state index is -4.75. The van der Waals surface area contributed by atoms with Gasteiger partial charge in [-0.1, -0.05) is 18.2 Å². The summed E-state index contributed by atoms with van der Waals surface area (Å²) in [5.74, 6) is -0.230. The van der Waals surface area contributed by atoms with Gasteiger partial charge in [-0.3, -0.25) is 4.79 Å². The predicted molar refractivity (Wildman–Crippen MR) is 78.3 cm³/mol. The van der Waals surface area contributed by atoms with Gasteiger partial charge in [0.25, 0.3) is 5.91 Å². The van der Waals surface area contributed by atoms with E-state index in [0.29, 0.717) is 11.4 Å². The van der Waals surface area contributed by atoms with E-state index in [1.807, 2.05) is 6.07 Å². The Bertz CT molecular complexity index is 642. The molecule has 0 saturated heterocycles. The van der Waals surface area contributed by atoms with E-state index in [1.54, 1.807) is 31.2 Å². The van der Waals surface area contributed by atoms with Crippen LogP contribution in [-0.4, -0.2) is 18.4 Å². The molecule has 0 saturated carbocycles. The summed E-state index contributed by atoms with van der Waals surface area (Å²) in [4.78, 5) is 12.0. The van der Waals surface area contributed by atoms with Crippen molar-refractivity contribution in [2.45, 2.75) is 19.4 Å². The quantitative estimate of drug-likeness (QED) is 0.904. The molecule has 0 aliphatic rings. The van der Waals surface area contributed by atoms with Gasteiger partial charge in [-0.2, -0.15) is 0 Å². The van der Waals surface area contributed by atoms with Crippen molar-refractivity contribution in [1.29, 1.82) is 0 Å². The van der Waals surface area contributed by atoms with Crippen LogP contribution in [0.25, 0.3) is 0 Å². The summed E-state index contributed by atoms with van der Waals surface area (Å²) in [7, 11) is 0. The standard InChI is InChI=1S/C16H14F3NO3/c1-11(22-13-5-3-2-4-6-13)15(21)20-12-7-9-14(10-8-12)23-16(17,18)19/h2-11H,1H3,(H,20,21)/t11-/m1/s1. The molecule has 23 heavy (non-hydrogen) atoms. The van der Waals surface area contributed by atoms with Crippen LogP contribution in [0.15, 0.2) is 54.6 Å². The van der Waals surface area contributed by atoms with Crippen molar-refractivity contribution < 1.29 is 27.4 Å². The summed E-state index contributed by atoms with van der Waals surface area (Å²) in [5, 5.41) is 2.55. The molecule has 4 nitrogen and oxygen atoms in total. The Balaban J connectivity index is 1.92. The van der Waals surface area contributed by atoms with Crippen molar-refractivity contribution in [3.05, 3.63) is 54.6 Å². The summed E-state index contributed by atoms with van der Waals surface area (Å²) in [6.45, 7) is 1.57. The predicted octanol–water partition coefficient (Wildman–Crippen LogP) is 3.99. The van der Waals surface area contributed by atoms with Gasteiger partial charge < -0.3 is 14.8 Å². The molecule has 0 aliphatic heterocycles. The Morgan fingerprint density at radius 2 is 1.61 bits per heavy atom. The minimum absolute atomic E-state index is 0.341. The number of alkyl halides is 3. The first-order chi connectivity index (χ1) is 10.8. The number of halogens is 3. The Kier molecular flexibility index (Phi) is 5.10. The number of nitrogens with one attached hydrogen (secondary N) is 1. The highest BCUT2D eigenvalue weighted by molar-refractivity contribution is 5.94. The molecular formula is C16H14F3NO3. The maximum absolute atomic E-state index is 12.1. The molecule has 1 N–H and O–H groups in total. The van der Waals surface area contributed by atoms with Crippen molar-refractivity contribution in [2.24, 2.45) is 0 Å². The summed E-state index contributed by atoms with van der Waals surface area (Å²) in [6.07, 6.45) is -5.51. The van der Waals surface area contributed by atoms with E-state index >= 15 is 0 Å². The molecule has 0 unspecified atom stereocenters. The fourth-order valence-corrected chi connectivity index (χ4v) is 1.74. The molecule has 122 valence electrons. The lowest BCUT2D eigenvalue weighted by molar-refractivity contribution is -0.274. The van der Waals surface area contributed by atoms with E-state index < -0.39 is 18.4 Å². The van der Waals surface area contributed by atoms with Crippen molar-refractivity contribution in [2.75, 3.05) is 5.32 Å². The number of anilines is 1. The average molecular weight is 325 g/mol. The third kappa shape index (κ3) is 5.54. The largest absolute Gasteiger partial charge is 0.573 e. The fraction of sp³-hybridized carbons (Fsp3) is 0.188. The number of rotatable bonds is 5. The zero-order valence-electron chi connectivity index (χ0n) is 12.1. The average Bonchev–Trinajstić information content (AvgIpc) is 2.48. The molecule has 0 fully saturated rings. The van der Waals surface area contributed by atoms with E-state index in [9.17, 15) is 18.0 Å². The van der Waals surface area contributed by atoms with E-state index in [1.165, 1.54) is 12.1 Å². The summed E-state index contributed by atoms with van der Waals surface area (Å²) >= 11 is 0. The van der Waals surface area contributed by atoms with Crippen LogP contribution >= 0.6 is 0 Å². The van der Waals surface area contributed by atoms with Crippen LogP contribution in [0.3, 0.4) is 0 Å². The lowest BCUT2D eigenvalue weighted by atomic mass is 10.2. The lowest BCUT2D eigenvalue weighted by Gasteiger charge is -2.15. The molecule has 1 atom stereocenters. The molecule has 1 amide bonds. The molecule has 7 heteroatoms. The van der Waals surface area contributed by atoms with Crippen LogP contribution in [-0.2, 0) is 4.79 Å². The molecule has 0 radical (unpaired) electrons. The number of benzene rings is 2. The van der Waals surface area contributed by atoms with Gasteiger partial charge in [0.1, 0.15) is 11.5 Å². The smallest absolute Gasteiger partial charge is 0.481 e. The van der Waals surface area contributed by atoms with E-state index in [-0.39, 0.29) is 5.75 Å². The van der Waals surface area contributed by atoms with Crippen LogP contribution in [0.4, 0.5) is 18.9 Å². The summed E-state index contributed by atoms with van der Waals surface area (Å²) in [5.41, 5.74) is 0.341. The van der Waals surface area contributed by atoms with Gasteiger partial charge in [-0.25, -0.2) is 0 Å². The third-order valence-electron chi connectivity index (χ3n) is 2.78. The molecule has 2 aromatic rings. The molecule has 0 bridgehead atoms. The van der Waals surface area contributed by atoms with Crippen LogP contribution in [0.2, 0.25) is 0 Å². The normalized spacial score (nSPS) is 12.3. The zero-order valence-corrected chi connectivity index (χ0v) is 12.1. The maximum atomic E-state index is 12.1. The van der Waals surface area contributed by atoms with E-state index in [0.717, 1.165) is 12.1 Å². The Morgan fingerprint density at radius 1 is 1.00 bits per heavy atom. The van der Waals surface area contributed by atoms with Gasteiger partial charge in [-0.15, -0.1) is 13.2 Å². The second-order valence-corrected chi connectivity index (χ2v) is 4.63. The first-order valence-electron chi connectivity index (χ1n) is 6.72. The Labute approximate surface area is 130 Å². The highest BCUT2D eigenvalue weighted by atomic mass is 19.4. The Morgan fingerprint density at radius 3 is 2.17 bits per heavy atom. The van der Waals surface area contributed by atoms with Gasteiger partial charge in [-0.05, 0) is 43.3 Å². The SMILES string of the molecule is C[C@@H](Oc1ccccc1)C(=O)Nc1ccc(OC(F)(F)F)cc1. The fourth-order valence-electron chi connectivity index (χ4n) is 1.74. The second-order valence-electron chi connectivity index (χ2n) is 4.63. The second kappa shape index (κ2) is 7.04. The number of para-hydroxylation sites is 1. The van der Waals surface area contributed by atoms with Gasteiger partial charge in [0.05, 0.1) is 0 Å². The van der Waals surface area contributed by atoms with Crippen molar-refractivity contribution in [3.8, 4) is 11.5 Å². The zero-order chi connectivity index (χ0) is 16.9. The molecular weight excluding hydrogens is 311 g/mol. The topological polar surface area (TPSA) is 47.6 Å². The first kappa shape index (κ1) is 16.7. The van der Waals surface area contributed by atoms with E-state index in [2.05, 4.69) is 10.1 Å². The molecule has 0 heterocycles. The van der Waals surface area contributed by atoms with Gasteiger partial charge in [0.2, 0.25) is 0 Å². The van der Waals surface area contributed by atoms with Crippen LogP contribution in [0.5, 0.6) is 11.5 Å². The lowest BCUT2D eigenvalue weighted by Crippen LogP contribution is -2.30. The number of ether oxygens (including phenoxy) is 2. The number of hydrogen-bond acceptors (Lipinski definition) is 3. The van der Waals surface area contributed by atoms with Crippen molar-refractivity contribution in [1.82, 2.24) is 0 Å². The molecule has 0 spiro atoms. The number of hydrogen-bond donors (Lipinski definition) is 1. The number of carbonyl (C=O) groups excluding carboxylic acids is 1. The van der Waals surface area contributed by atoms with Crippen molar-refractivity contribution in [3.63, 3.8) is 0 Å². The molecule has 2 aromatic carbocycles. The van der Waals surface area contributed by atoms with Crippen LogP contribution in [0.1, 0.15) is 6.92 Å². The maximum Gasteiger partial charge on any atom is 0.573 e. The first-order valence-corrected chi connectivity index (χ1v) is 6.72. The van der Waals surface area contributed by atoms with E-state index in [4.69, 9.17) is 4.74 Å². The highest BCUT2D eigenvalue weighted by Crippen LogP contribution is 2.24. The number of carbonyl (C=O) groups is 1. The Hall–Kier alpha value is -2.70. The summed E-state index contributed by atoms with van der Waals surface area (Å²) in [6, 6.07) is 13.7. The molecule has 0 aliphatic carbocycles. The minimum Gasteiger partial charge on any atom is -0.481 e. The number of amides is 1. The van der Waals surface area contributed by atoms with Gasteiger partial charge >= 0.3 is 6.36 Å². The van der Waals surface area contributed by atoms with Gasteiger partial charge in [0.15, 0.2) is 6.10 Å². The molecule has 0 aromatic heterocycles. The van der Waals surface area contributed by atoms with Crippen LogP contribution < -0.4 is 14.8 Å². The monoisotopic (exact) mass is 325 g/mol.